The Morgan fingerprint density at radius 2 is 1.75 bits per heavy atom. The zero-order valence-corrected chi connectivity index (χ0v) is 13.8. The summed E-state index contributed by atoms with van der Waals surface area (Å²) in [5.74, 6) is -3.33. The number of ether oxygens (including phenoxy) is 1. The van der Waals surface area contributed by atoms with Crippen LogP contribution < -0.4 is 4.72 Å². The predicted molar refractivity (Wildman–Crippen MR) is 84.3 cm³/mol. The van der Waals surface area contributed by atoms with Gasteiger partial charge in [-0.15, -0.1) is 0 Å². The summed E-state index contributed by atoms with van der Waals surface area (Å²) >= 11 is 0. The highest BCUT2D eigenvalue weighted by molar-refractivity contribution is 7.92. The Morgan fingerprint density at radius 3 is 2.29 bits per heavy atom. The van der Waals surface area contributed by atoms with Crippen LogP contribution in [0.5, 0.6) is 0 Å². The third-order valence-corrected chi connectivity index (χ3v) is 4.73. The fourth-order valence-electron chi connectivity index (χ4n) is 2.00. The van der Waals surface area contributed by atoms with Gasteiger partial charge in [-0.3, -0.25) is 4.72 Å². The first-order valence-corrected chi connectivity index (χ1v) is 8.46. The van der Waals surface area contributed by atoms with Crippen molar-refractivity contribution in [3.63, 3.8) is 0 Å². The van der Waals surface area contributed by atoms with Crippen LogP contribution in [0, 0.1) is 11.6 Å². The van der Waals surface area contributed by atoms with Gasteiger partial charge in [0.05, 0.1) is 23.3 Å². The molecule has 0 saturated carbocycles. The second-order valence-electron chi connectivity index (χ2n) is 4.91. The van der Waals surface area contributed by atoms with Gasteiger partial charge in [-0.2, -0.15) is 0 Å². The summed E-state index contributed by atoms with van der Waals surface area (Å²) in [6.07, 6.45) is 0.739. The van der Waals surface area contributed by atoms with Crippen LogP contribution in [0.25, 0.3) is 0 Å². The van der Waals surface area contributed by atoms with Crippen LogP contribution >= 0.6 is 0 Å². The Kier molecular flexibility index (Phi) is 5.18. The number of halogens is 2. The molecule has 24 heavy (non-hydrogen) atoms. The number of hydrogen-bond acceptors (Lipinski definition) is 4. The van der Waals surface area contributed by atoms with E-state index in [0.717, 1.165) is 25.2 Å². The second-order valence-corrected chi connectivity index (χ2v) is 6.59. The van der Waals surface area contributed by atoms with Crippen molar-refractivity contribution >= 4 is 21.7 Å². The summed E-state index contributed by atoms with van der Waals surface area (Å²) in [6, 6.07) is 7.21. The molecule has 0 spiro atoms. The van der Waals surface area contributed by atoms with Gasteiger partial charge in [-0.05, 0) is 30.2 Å². The Labute approximate surface area is 138 Å². The van der Waals surface area contributed by atoms with E-state index in [1.54, 1.807) is 12.1 Å². The lowest BCUT2D eigenvalue weighted by molar-refractivity contribution is 0.0595. The third-order valence-electron chi connectivity index (χ3n) is 3.35. The normalized spacial score (nSPS) is 11.2. The van der Waals surface area contributed by atoms with E-state index in [2.05, 4.69) is 4.74 Å². The number of anilines is 1. The minimum absolute atomic E-state index is 0.0805. The van der Waals surface area contributed by atoms with E-state index >= 15 is 0 Å². The topological polar surface area (TPSA) is 72.5 Å². The molecule has 0 radical (unpaired) electrons. The molecule has 0 saturated heterocycles. The molecule has 0 amide bonds. The molecular formula is C16H15F2NO4S. The number of benzene rings is 2. The lowest BCUT2D eigenvalue weighted by Gasteiger charge is -2.11. The molecule has 2 aromatic rings. The quantitative estimate of drug-likeness (QED) is 0.837. The molecule has 0 aromatic heterocycles. The molecular weight excluding hydrogens is 340 g/mol. The van der Waals surface area contributed by atoms with Crippen molar-refractivity contribution in [3.05, 3.63) is 59.2 Å². The molecule has 0 bridgehead atoms. The number of hydrogen-bond donors (Lipinski definition) is 1. The Morgan fingerprint density at radius 1 is 1.12 bits per heavy atom. The van der Waals surface area contributed by atoms with E-state index in [-0.39, 0.29) is 4.90 Å². The first-order chi connectivity index (χ1) is 11.3. The van der Waals surface area contributed by atoms with Gasteiger partial charge in [0.2, 0.25) is 0 Å². The highest BCUT2D eigenvalue weighted by atomic mass is 32.2. The summed E-state index contributed by atoms with van der Waals surface area (Å²) in [4.78, 5) is 11.4. The average molecular weight is 355 g/mol. The summed E-state index contributed by atoms with van der Waals surface area (Å²) in [6.45, 7) is 1.92. The Hall–Kier alpha value is -2.48. The number of sulfonamides is 1. The molecule has 0 heterocycles. The maximum absolute atomic E-state index is 13.8. The van der Waals surface area contributed by atoms with Crippen molar-refractivity contribution in [1.82, 2.24) is 0 Å². The van der Waals surface area contributed by atoms with Crippen molar-refractivity contribution in [2.75, 3.05) is 11.8 Å². The van der Waals surface area contributed by atoms with Crippen LogP contribution in [0.2, 0.25) is 0 Å². The van der Waals surface area contributed by atoms with Gasteiger partial charge in [0.15, 0.2) is 0 Å². The van der Waals surface area contributed by atoms with Crippen LogP contribution in [0.1, 0.15) is 22.8 Å². The van der Waals surface area contributed by atoms with Crippen molar-refractivity contribution < 1.29 is 26.7 Å². The van der Waals surface area contributed by atoms with Crippen molar-refractivity contribution in [3.8, 4) is 0 Å². The van der Waals surface area contributed by atoms with Crippen LogP contribution in [0.3, 0.4) is 0 Å². The van der Waals surface area contributed by atoms with E-state index in [4.69, 9.17) is 0 Å². The number of carbonyl (C=O) groups is 1. The minimum Gasteiger partial charge on any atom is -0.465 e. The standard InChI is InChI=1S/C16H15F2NO4S/c1-3-10-4-6-11(7-5-10)24(21,22)19-15-8-12(16(20)23-2)13(17)9-14(15)18/h4-9,19H,3H2,1-2H3. The van der Waals surface area contributed by atoms with Gasteiger partial charge in [0.25, 0.3) is 10.0 Å². The zero-order valence-electron chi connectivity index (χ0n) is 13.0. The van der Waals surface area contributed by atoms with Gasteiger partial charge in [0, 0.05) is 6.07 Å². The van der Waals surface area contributed by atoms with Crippen LogP contribution in [0.15, 0.2) is 41.3 Å². The van der Waals surface area contributed by atoms with Crippen LogP contribution in [-0.4, -0.2) is 21.5 Å². The van der Waals surface area contributed by atoms with Gasteiger partial charge < -0.3 is 4.74 Å². The number of esters is 1. The molecule has 0 aliphatic rings. The highest BCUT2D eigenvalue weighted by Crippen LogP contribution is 2.23. The van der Waals surface area contributed by atoms with Crippen LogP contribution in [0.4, 0.5) is 14.5 Å². The summed E-state index contributed by atoms with van der Waals surface area (Å²) < 4.78 is 58.4. The number of aryl methyl sites for hydroxylation is 1. The minimum atomic E-state index is -4.09. The lowest BCUT2D eigenvalue weighted by Crippen LogP contribution is -2.15. The molecule has 2 aromatic carbocycles. The highest BCUT2D eigenvalue weighted by Gasteiger charge is 2.21. The smallest absolute Gasteiger partial charge is 0.340 e. The molecule has 0 fully saturated rings. The largest absolute Gasteiger partial charge is 0.465 e. The first kappa shape index (κ1) is 17.9. The maximum atomic E-state index is 13.8. The van der Waals surface area contributed by atoms with Gasteiger partial charge >= 0.3 is 5.97 Å². The number of rotatable bonds is 5. The molecule has 1 N–H and O–H groups in total. The summed E-state index contributed by atoms with van der Waals surface area (Å²) in [5, 5.41) is 0. The van der Waals surface area contributed by atoms with Gasteiger partial charge in [0.1, 0.15) is 11.6 Å². The summed E-state index contributed by atoms with van der Waals surface area (Å²) in [7, 11) is -3.06. The molecule has 0 aliphatic carbocycles. The second kappa shape index (κ2) is 6.96. The molecule has 128 valence electrons. The fourth-order valence-corrected chi connectivity index (χ4v) is 3.06. The van der Waals surface area contributed by atoms with Crippen molar-refractivity contribution in [1.29, 1.82) is 0 Å². The number of methoxy groups -OCH3 is 1. The SMILES string of the molecule is CCc1ccc(S(=O)(=O)Nc2cc(C(=O)OC)c(F)cc2F)cc1. The van der Waals surface area contributed by atoms with Crippen LogP contribution in [-0.2, 0) is 21.2 Å². The Balaban J connectivity index is 2.40. The number of nitrogens with one attached hydrogen (secondary N) is 1. The first-order valence-electron chi connectivity index (χ1n) is 6.97. The summed E-state index contributed by atoms with van der Waals surface area (Å²) in [5.41, 5.74) is -0.177. The third kappa shape index (κ3) is 3.70. The molecule has 0 aliphatic heterocycles. The number of carbonyl (C=O) groups excluding carboxylic acids is 1. The van der Waals surface area contributed by atoms with Gasteiger partial charge in [-0.25, -0.2) is 22.0 Å². The van der Waals surface area contributed by atoms with E-state index in [1.807, 2.05) is 11.6 Å². The maximum Gasteiger partial charge on any atom is 0.340 e. The predicted octanol–water partition coefficient (Wildman–Crippen LogP) is 3.11. The van der Waals surface area contributed by atoms with E-state index in [0.29, 0.717) is 6.07 Å². The van der Waals surface area contributed by atoms with Crippen molar-refractivity contribution in [2.45, 2.75) is 18.2 Å². The van der Waals surface area contributed by atoms with E-state index in [9.17, 15) is 22.0 Å². The molecule has 0 unspecified atom stereocenters. The van der Waals surface area contributed by atoms with Gasteiger partial charge in [-0.1, -0.05) is 19.1 Å². The van der Waals surface area contributed by atoms with E-state index < -0.39 is 38.9 Å². The van der Waals surface area contributed by atoms with Crippen molar-refractivity contribution in [2.24, 2.45) is 0 Å². The zero-order chi connectivity index (χ0) is 17.9. The molecule has 5 nitrogen and oxygen atoms in total. The molecule has 0 atom stereocenters. The monoisotopic (exact) mass is 355 g/mol. The fraction of sp³-hybridized carbons (Fsp3) is 0.188. The average Bonchev–Trinajstić information content (AvgIpc) is 2.56. The molecule has 8 heteroatoms. The Bertz CT molecular complexity index is 864. The van der Waals surface area contributed by atoms with E-state index in [1.165, 1.54) is 12.1 Å². The lowest BCUT2D eigenvalue weighted by atomic mass is 10.2. The molecule has 2 rings (SSSR count).